The molecule has 20 heavy (non-hydrogen) atoms. The molecule has 2 bridgehead atoms. The van der Waals surface area contributed by atoms with E-state index in [1.807, 2.05) is 0 Å². The SMILES string of the molecule is CC1=C(C)C2(C)C(C)(C)C1(C)C(C)(C)C2(C)CC(=O)O. The Bertz CT molecular complexity index is 526. The first kappa shape index (κ1) is 15.6. The lowest BCUT2D eigenvalue weighted by Crippen LogP contribution is -2.50. The number of carboxylic acids is 1. The second-order valence-corrected chi connectivity index (χ2v) is 8.65. The smallest absolute Gasteiger partial charge is 0.303 e. The van der Waals surface area contributed by atoms with E-state index < -0.39 is 5.97 Å². The molecule has 0 radical (unpaired) electrons. The Hall–Kier alpha value is -0.790. The number of hydrogen-bond donors (Lipinski definition) is 1. The largest absolute Gasteiger partial charge is 0.481 e. The van der Waals surface area contributed by atoms with Crippen LogP contribution in [0.3, 0.4) is 0 Å². The molecule has 0 amide bonds. The van der Waals surface area contributed by atoms with Crippen molar-refractivity contribution in [3.63, 3.8) is 0 Å². The normalized spacial score (nSPS) is 45.0. The molecule has 0 aliphatic heterocycles. The fourth-order valence-electron chi connectivity index (χ4n) is 6.42. The van der Waals surface area contributed by atoms with Crippen molar-refractivity contribution in [2.45, 2.75) is 68.7 Å². The third-order valence-corrected chi connectivity index (χ3v) is 8.80. The third kappa shape index (κ3) is 1.06. The molecule has 114 valence electrons. The van der Waals surface area contributed by atoms with E-state index in [0.29, 0.717) is 0 Å². The van der Waals surface area contributed by atoms with Crippen molar-refractivity contribution in [3.05, 3.63) is 11.1 Å². The minimum Gasteiger partial charge on any atom is -0.481 e. The summed E-state index contributed by atoms with van der Waals surface area (Å²) >= 11 is 0. The van der Waals surface area contributed by atoms with Crippen LogP contribution in [0.15, 0.2) is 11.1 Å². The van der Waals surface area contributed by atoms with Gasteiger partial charge in [-0.05, 0) is 30.1 Å². The maximum Gasteiger partial charge on any atom is 0.303 e. The molecular weight excluding hydrogens is 248 g/mol. The van der Waals surface area contributed by atoms with Crippen molar-refractivity contribution < 1.29 is 9.90 Å². The minimum absolute atomic E-state index is 0.0308. The molecule has 0 heterocycles. The van der Waals surface area contributed by atoms with Gasteiger partial charge in [0, 0.05) is 10.8 Å². The Balaban J connectivity index is 2.87. The molecule has 2 rings (SSSR count). The van der Waals surface area contributed by atoms with Gasteiger partial charge in [-0.1, -0.05) is 59.6 Å². The highest BCUT2D eigenvalue weighted by molar-refractivity contribution is 5.69. The van der Waals surface area contributed by atoms with Crippen LogP contribution in [0.25, 0.3) is 0 Å². The highest BCUT2D eigenvalue weighted by Crippen LogP contribution is 2.86. The van der Waals surface area contributed by atoms with Crippen LogP contribution in [-0.4, -0.2) is 11.1 Å². The number of fused-ring (bicyclic) bond motifs is 2. The zero-order chi connectivity index (χ0) is 15.9. The van der Waals surface area contributed by atoms with Gasteiger partial charge in [0.15, 0.2) is 0 Å². The predicted octanol–water partition coefficient (Wildman–Crippen LogP) is 4.90. The molecule has 1 saturated carbocycles. The van der Waals surface area contributed by atoms with E-state index in [1.165, 1.54) is 11.1 Å². The minimum atomic E-state index is -0.681. The second kappa shape index (κ2) is 3.51. The number of carbonyl (C=O) groups is 1. The Kier molecular flexibility index (Phi) is 2.74. The molecule has 2 aliphatic rings. The average Bonchev–Trinajstić information content (AvgIpc) is 2.44. The van der Waals surface area contributed by atoms with Gasteiger partial charge in [0.25, 0.3) is 0 Å². The summed E-state index contributed by atoms with van der Waals surface area (Å²) in [5.74, 6) is -0.681. The average molecular weight is 278 g/mol. The number of rotatable bonds is 2. The molecule has 1 fully saturated rings. The Morgan fingerprint density at radius 2 is 1.25 bits per heavy atom. The van der Waals surface area contributed by atoms with Crippen molar-refractivity contribution in [1.82, 2.24) is 0 Å². The monoisotopic (exact) mass is 278 g/mol. The van der Waals surface area contributed by atoms with E-state index in [2.05, 4.69) is 62.3 Å². The van der Waals surface area contributed by atoms with Crippen LogP contribution >= 0.6 is 0 Å². The van der Waals surface area contributed by atoms with Gasteiger partial charge in [-0.15, -0.1) is 0 Å². The van der Waals surface area contributed by atoms with Crippen LogP contribution in [0, 0.1) is 27.1 Å². The summed E-state index contributed by atoms with van der Waals surface area (Å²) in [5.41, 5.74) is 2.59. The topological polar surface area (TPSA) is 37.3 Å². The summed E-state index contributed by atoms with van der Waals surface area (Å²) in [6, 6.07) is 0. The summed E-state index contributed by atoms with van der Waals surface area (Å²) in [6.07, 6.45) is 0.236. The van der Waals surface area contributed by atoms with Gasteiger partial charge in [0.2, 0.25) is 0 Å². The van der Waals surface area contributed by atoms with Gasteiger partial charge < -0.3 is 5.11 Å². The first-order valence-electron chi connectivity index (χ1n) is 7.63. The van der Waals surface area contributed by atoms with Crippen molar-refractivity contribution in [1.29, 1.82) is 0 Å². The fraction of sp³-hybridized carbons (Fsp3) is 0.833. The third-order valence-electron chi connectivity index (χ3n) is 8.80. The zero-order valence-electron chi connectivity index (χ0n) is 14.6. The fourth-order valence-corrected chi connectivity index (χ4v) is 6.42. The molecular formula is C18H30O2. The summed E-state index contributed by atoms with van der Waals surface area (Å²) in [6.45, 7) is 20.5. The molecule has 1 N–H and O–H groups in total. The van der Waals surface area contributed by atoms with Crippen molar-refractivity contribution in [2.24, 2.45) is 27.1 Å². The maximum atomic E-state index is 11.6. The molecule has 0 aromatic heterocycles. The van der Waals surface area contributed by atoms with Gasteiger partial charge in [0.1, 0.15) is 0 Å². The molecule has 2 heteroatoms. The van der Waals surface area contributed by atoms with Crippen molar-refractivity contribution >= 4 is 5.97 Å². The van der Waals surface area contributed by atoms with Crippen LogP contribution in [0.4, 0.5) is 0 Å². The Morgan fingerprint density at radius 1 is 0.850 bits per heavy atom. The molecule has 0 spiro atoms. The van der Waals surface area contributed by atoms with Gasteiger partial charge in [-0.25, -0.2) is 0 Å². The Labute approximate surface area is 123 Å². The number of aliphatic carboxylic acids is 1. The zero-order valence-corrected chi connectivity index (χ0v) is 14.6. The molecule has 3 atom stereocenters. The highest BCUT2D eigenvalue weighted by atomic mass is 16.4. The molecule has 0 aromatic rings. The van der Waals surface area contributed by atoms with Gasteiger partial charge in [0.05, 0.1) is 6.42 Å². The van der Waals surface area contributed by atoms with Crippen LogP contribution in [0.1, 0.15) is 68.7 Å². The summed E-state index contributed by atoms with van der Waals surface area (Å²) in [7, 11) is 0. The summed E-state index contributed by atoms with van der Waals surface area (Å²) in [5, 5.41) is 9.50. The van der Waals surface area contributed by atoms with E-state index in [9.17, 15) is 9.90 Å². The van der Waals surface area contributed by atoms with Crippen LogP contribution in [-0.2, 0) is 4.79 Å². The Morgan fingerprint density at radius 3 is 1.60 bits per heavy atom. The second-order valence-electron chi connectivity index (χ2n) is 8.65. The van der Waals surface area contributed by atoms with Gasteiger partial charge in [-0.3, -0.25) is 4.79 Å². The van der Waals surface area contributed by atoms with E-state index in [0.717, 1.165) is 0 Å². The van der Waals surface area contributed by atoms with E-state index in [4.69, 9.17) is 0 Å². The van der Waals surface area contributed by atoms with Crippen molar-refractivity contribution in [3.8, 4) is 0 Å². The quantitative estimate of drug-likeness (QED) is 0.730. The van der Waals surface area contributed by atoms with E-state index in [-0.39, 0.29) is 33.5 Å². The van der Waals surface area contributed by atoms with Crippen molar-refractivity contribution in [2.75, 3.05) is 0 Å². The lowest BCUT2D eigenvalue weighted by molar-refractivity contribution is -0.145. The lowest BCUT2D eigenvalue weighted by Gasteiger charge is -2.55. The number of hydrogen-bond acceptors (Lipinski definition) is 1. The lowest BCUT2D eigenvalue weighted by atomic mass is 9.48. The molecule has 3 unspecified atom stereocenters. The maximum absolute atomic E-state index is 11.6. The number of allylic oxidation sites excluding steroid dienone is 2. The molecule has 0 aromatic carbocycles. The van der Waals surface area contributed by atoms with Crippen LogP contribution in [0.2, 0.25) is 0 Å². The highest BCUT2D eigenvalue weighted by Gasteiger charge is 2.81. The molecule has 2 nitrogen and oxygen atoms in total. The molecule has 0 saturated heterocycles. The van der Waals surface area contributed by atoms with Crippen LogP contribution < -0.4 is 0 Å². The van der Waals surface area contributed by atoms with E-state index >= 15 is 0 Å². The standard InChI is InChI=1S/C18H30O2/c1-11-12(2)18(9)15(5,6)17(11,8)14(3,4)16(18,7)10-13(19)20/h10H2,1-9H3,(H,19,20). The summed E-state index contributed by atoms with van der Waals surface area (Å²) in [4.78, 5) is 11.6. The summed E-state index contributed by atoms with van der Waals surface area (Å²) < 4.78 is 0. The van der Waals surface area contributed by atoms with Gasteiger partial charge in [-0.2, -0.15) is 0 Å². The molecule has 2 aliphatic carbocycles. The first-order chi connectivity index (χ1) is 8.73. The first-order valence-corrected chi connectivity index (χ1v) is 7.63. The van der Waals surface area contributed by atoms with Crippen LogP contribution in [0.5, 0.6) is 0 Å². The predicted molar refractivity (Wildman–Crippen MR) is 82.5 cm³/mol. The van der Waals surface area contributed by atoms with Gasteiger partial charge >= 0.3 is 5.97 Å². The van der Waals surface area contributed by atoms with E-state index in [1.54, 1.807) is 0 Å². The number of carboxylic acid groups (broad SMARTS) is 1.